The highest BCUT2D eigenvalue weighted by molar-refractivity contribution is 5.98. The number of aryl methyl sites for hydroxylation is 1. The lowest BCUT2D eigenvalue weighted by Crippen LogP contribution is -2.33. The molecule has 30 heavy (non-hydrogen) atoms. The Morgan fingerprint density at radius 2 is 1.83 bits per heavy atom. The number of hydrogen-bond donors (Lipinski definition) is 1. The van der Waals surface area contributed by atoms with Crippen molar-refractivity contribution >= 4 is 22.8 Å². The van der Waals surface area contributed by atoms with Crippen LogP contribution in [0.2, 0.25) is 0 Å². The van der Waals surface area contributed by atoms with E-state index in [9.17, 15) is 9.59 Å². The number of aromatic nitrogens is 2. The fraction of sp³-hybridized carbons (Fsp3) is 0.375. The molecular formula is C24H28N4O2. The Balaban J connectivity index is 1.81. The van der Waals surface area contributed by atoms with Gasteiger partial charge in [0, 0.05) is 24.7 Å². The standard InChI is InChI=1S/C24H28N4O2/c1-4-27(5-2)24-26-21-14-18(22(29)25-19-11-12-19)10-13-20(21)23(30)28(24)15-17-8-6-16(3)7-9-17/h6-10,13-14,19H,4-5,11-12,15H2,1-3H3,(H,25,29). The molecule has 1 N–H and O–H groups in total. The van der Waals surface area contributed by atoms with Gasteiger partial charge in [-0.05, 0) is 57.4 Å². The van der Waals surface area contributed by atoms with E-state index in [1.165, 1.54) is 5.56 Å². The van der Waals surface area contributed by atoms with Crippen LogP contribution in [0.3, 0.4) is 0 Å². The van der Waals surface area contributed by atoms with Crippen molar-refractivity contribution < 1.29 is 4.79 Å². The summed E-state index contributed by atoms with van der Waals surface area (Å²) in [6.45, 7) is 8.09. The van der Waals surface area contributed by atoms with Crippen molar-refractivity contribution in [1.29, 1.82) is 0 Å². The first-order valence-electron chi connectivity index (χ1n) is 10.7. The van der Waals surface area contributed by atoms with E-state index in [1.807, 2.05) is 19.1 Å². The van der Waals surface area contributed by atoms with Crippen LogP contribution >= 0.6 is 0 Å². The van der Waals surface area contributed by atoms with Crippen LogP contribution in [0.4, 0.5) is 5.95 Å². The Morgan fingerprint density at radius 3 is 2.47 bits per heavy atom. The molecule has 2 aromatic carbocycles. The average molecular weight is 405 g/mol. The van der Waals surface area contributed by atoms with Crippen molar-refractivity contribution in [3.05, 3.63) is 69.5 Å². The van der Waals surface area contributed by atoms with E-state index in [-0.39, 0.29) is 17.5 Å². The van der Waals surface area contributed by atoms with Gasteiger partial charge in [-0.2, -0.15) is 0 Å². The molecule has 0 radical (unpaired) electrons. The first-order chi connectivity index (χ1) is 14.5. The molecule has 0 saturated heterocycles. The Bertz CT molecular complexity index is 1130. The molecule has 6 nitrogen and oxygen atoms in total. The molecule has 6 heteroatoms. The maximum absolute atomic E-state index is 13.4. The van der Waals surface area contributed by atoms with E-state index < -0.39 is 0 Å². The predicted octanol–water partition coefficient (Wildman–Crippen LogP) is 3.49. The van der Waals surface area contributed by atoms with Crippen LogP contribution in [0.1, 0.15) is 48.2 Å². The van der Waals surface area contributed by atoms with Crippen LogP contribution in [0, 0.1) is 6.92 Å². The van der Waals surface area contributed by atoms with Crippen molar-refractivity contribution in [3.63, 3.8) is 0 Å². The number of nitrogens with zero attached hydrogens (tertiary/aromatic N) is 3. The highest BCUT2D eigenvalue weighted by atomic mass is 16.1. The monoisotopic (exact) mass is 404 g/mol. The molecule has 1 aromatic heterocycles. The largest absolute Gasteiger partial charge is 0.349 e. The van der Waals surface area contributed by atoms with Gasteiger partial charge in [0.05, 0.1) is 17.4 Å². The molecule has 0 bridgehead atoms. The molecule has 1 heterocycles. The van der Waals surface area contributed by atoms with E-state index in [1.54, 1.807) is 22.8 Å². The van der Waals surface area contributed by atoms with Gasteiger partial charge in [0.25, 0.3) is 11.5 Å². The quantitative estimate of drug-likeness (QED) is 0.655. The minimum absolute atomic E-state index is 0.0865. The second-order valence-corrected chi connectivity index (χ2v) is 7.94. The van der Waals surface area contributed by atoms with Crippen molar-refractivity contribution in [2.45, 2.75) is 46.2 Å². The van der Waals surface area contributed by atoms with E-state index in [0.29, 0.717) is 29.0 Å². The van der Waals surface area contributed by atoms with Gasteiger partial charge in [-0.25, -0.2) is 4.98 Å². The third-order valence-electron chi connectivity index (χ3n) is 5.62. The van der Waals surface area contributed by atoms with E-state index in [2.05, 4.69) is 36.2 Å². The van der Waals surface area contributed by atoms with Crippen LogP contribution in [0.5, 0.6) is 0 Å². The average Bonchev–Trinajstić information content (AvgIpc) is 3.56. The second kappa shape index (κ2) is 8.30. The Morgan fingerprint density at radius 1 is 1.13 bits per heavy atom. The normalized spacial score (nSPS) is 13.4. The number of amides is 1. The van der Waals surface area contributed by atoms with Gasteiger partial charge in [-0.15, -0.1) is 0 Å². The van der Waals surface area contributed by atoms with Gasteiger partial charge in [0.1, 0.15) is 0 Å². The van der Waals surface area contributed by atoms with Crippen molar-refractivity contribution in [2.75, 3.05) is 18.0 Å². The molecule has 0 unspecified atom stereocenters. The molecule has 0 atom stereocenters. The van der Waals surface area contributed by atoms with Gasteiger partial charge in [0.2, 0.25) is 5.95 Å². The number of carbonyl (C=O) groups is 1. The summed E-state index contributed by atoms with van der Waals surface area (Å²) in [5.41, 5.74) is 3.26. The number of hydrogen-bond acceptors (Lipinski definition) is 4. The number of fused-ring (bicyclic) bond motifs is 1. The number of anilines is 1. The first-order valence-corrected chi connectivity index (χ1v) is 10.7. The minimum Gasteiger partial charge on any atom is -0.349 e. The van der Waals surface area contributed by atoms with Crippen LogP contribution in [0.25, 0.3) is 10.9 Å². The van der Waals surface area contributed by atoms with Crippen LogP contribution in [0.15, 0.2) is 47.3 Å². The predicted molar refractivity (Wildman–Crippen MR) is 120 cm³/mol. The Labute approximate surface area is 176 Å². The molecule has 1 amide bonds. The van der Waals surface area contributed by atoms with Crippen molar-refractivity contribution in [1.82, 2.24) is 14.9 Å². The Hall–Kier alpha value is -3.15. The summed E-state index contributed by atoms with van der Waals surface area (Å²) in [6, 6.07) is 13.7. The fourth-order valence-corrected chi connectivity index (χ4v) is 3.61. The molecule has 3 aromatic rings. The lowest BCUT2D eigenvalue weighted by molar-refractivity contribution is 0.0951. The number of rotatable bonds is 7. The maximum Gasteiger partial charge on any atom is 0.263 e. The summed E-state index contributed by atoms with van der Waals surface area (Å²) in [5.74, 6) is 0.534. The summed E-state index contributed by atoms with van der Waals surface area (Å²) in [5, 5.41) is 3.53. The molecule has 1 aliphatic carbocycles. The first kappa shape index (κ1) is 20.1. The summed E-state index contributed by atoms with van der Waals surface area (Å²) >= 11 is 0. The van der Waals surface area contributed by atoms with Crippen molar-refractivity contribution in [2.24, 2.45) is 0 Å². The lowest BCUT2D eigenvalue weighted by atomic mass is 10.1. The summed E-state index contributed by atoms with van der Waals surface area (Å²) < 4.78 is 1.74. The molecule has 156 valence electrons. The summed E-state index contributed by atoms with van der Waals surface area (Å²) in [4.78, 5) is 32.8. The van der Waals surface area contributed by atoms with E-state index in [0.717, 1.165) is 31.5 Å². The molecular weight excluding hydrogens is 376 g/mol. The highest BCUT2D eigenvalue weighted by Crippen LogP contribution is 2.21. The minimum atomic E-state index is -0.102. The topological polar surface area (TPSA) is 67.2 Å². The molecule has 1 aliphatic rings. The zero-order chi connectivity index (χ0) is 21.3. The van der Waals surface area contributed by atoms with Crippen LogP contribution < -0.4 is 15.8 Å². The highest BCUT2D eigenvalue weighted by Gasteiger charge is 2.24. The molecule has 4 rings (SSSR count). The third kappa shape index (κ3) is 4.08. The number of carbonyl (C=O) groups excluding carboxylic acids is 1. The second-order valence-electron chi connectivity index (χ2n) is 7.94. The fourth-order valence-electron chi connectivity index (χ4n) is 3.61. The van der Waals surface area contributed by atoms with Gasteiger partial charge in [0.15, 0.2) is 0 Å². The molecule has 0 aliphatic heterocycles. The third-order valence-corrected chi connectivity index (χ3v) is 5.62. The molecule has 1 saturated carbocycles. The summed E-state index contributed by atoms with van der Waals surface area (Å²) in [6.07, 6.45) is 2.07. The van der Waals surface area contributed by atoms with E-state index >= 15 is 0 Å². The number of benzene rings is 2. The molecule has 1 fully saturated rings. The van der Waals surface area contributed by atoms with Crippen LogP contribution in [-0.2, 0) is 6.54 Å². The zero-order valence-corrected chi connectivity index (χ0v) is 17.8. The van der Waals surface area contributed by atoms with Gasteiger partial charge in [-0.1, -0.05) is 29.8 Å². The maximum atomic E-state index is 13.4. The molecule has 0 spiro atoms. The Kier molecular flexibility index (Phi) is 5.57. The van der Waals surface area contributed by atoms with Gasteiger partial charge < -0.3 is 10.2 Å². The summed E-state index contributed by atoms with van der Waals surface area (Å²) in [7, 11) is 0. The zero-order valence-electron chi connectivity index (χ0n) is 17.8. The van der Waals surface area contributed by atoms with E-state index in [4.69, 9.17) is 4.98 Å². The van der Waals surface area contributed by atoms with Gasteiger partial charge in [-0.3, -0.25) is 14.2 Å². The smallest absolute Gasteiger partial charge is 0.263 e. The lowest BCUT2D eigenvalue weighted by Gasteiger charge is -2.24. The van der Waals surface area contributed by atoms with Crippen LogP contribution in [-0.4, -0.2) is 34.6 Å². The van der Waals surface area contributed by atoms with Crippen molar-refractivity contribution in [3.8, 4) is 0 Å². The number of nitrogens with one attached hydrogen (secondary N) is 1. The SMILES string of the molecule is CCN(CC)c1nc2cc(C(=O)NC3CC3)ccc2c(=O)n1Cc1ccc(C)cc1. The van der Waals surface area contributed by atoms with Gasteiger partial charge >= 0.3 is 0 Å².